The molecule has 0 fully saturated rings. The van der Waals surface area contributed by atoms with Gasteiger partial charge in [-0.3, -0.25) is 10.1 Å². The molecule has 0 saturated carbocycles. The van der Waals surface area contributed by atoms with Crippen LogP contribution in [0.4, 0.5) is 0 Å². The second-order valence-corrected chi connectivity index (χ2v) is 5.02. The van der Waals surface area contributed by atoms with E-state index >= 15 is 0 Å². The standard InChI is InChI=1S/C12H16Cl2N2O2.2ClH/c1-16(2)6-5-15-11(12(17)18)8-3-4-9(13)10(14)7-8;;/h3-4,7,11,15H,5-6H2,1-2H3,(H,17,18);2*1H. The molecule has 1 atom stereocenters. The quantitative estimate of drug-likeness (QED) is 0.815. The van der Waals surface area contributed by atoms with Gasteiger partial charge in [0, 0.05) is 13.1 Å². The van der Waals surface area contributed by atoms with E-state index in [9.17, 15) is 9.90 Å². The van der Waals surface area contributed by atoms with Crippen molar-refractivity contribution in [2.45, 2.75) is 6.04 Å². The Morgan fingerprint density at radius 3 is 2.35 bits per heavy atom. The zero-order valence-electron chi connectivity index (χ0n) is 11.1. The number of halogens is 4. The molecule has 116 valence electrons. The number of likely N-dealkylation sites (N-methyl/N-ethyl adjacent to an activating group) is 1. The van der Waals surface area contributed by atoms with E-state index in [1.54, 1.807) is 18.2 Å². The summed E-state index contributed by atoms with van der Waals surface area (Å²) in [6.07, 6.45) is 0. The molecule has 4 nitrogen and oxygen atoms in total. The third-order valence-electron chi connectivity index (χ3n) is 2.43. The third kappa shape index (κ3) is 6.97. The third-order valence-corrected chi connectivity index (χ3v) is 3.17. The average Bonchev–Trinajstić information content (AvgIpc) is 2.27. The molecule has 0 aliphatic carbocycles. The number of nitrogens with one attached hydrogen (secondary N) is 1. The molecule has 2 N–H and O–H groups in total. The first-order valence-electron chi connectivity index (χ1n) is 5.47. The molecule has 0 spiro atoms. The van der Waals surface area contributed by atoms with E-state index in [4.69, 9.17) is 23.2 Å². The number of carbonyl (C=O) groups is 1. The zero-order chi connectivity index (χ0) is 13.7. The highest BCUT2D eigenvalue weighted by molar-refractivity contribution is 6.42. The number of hydrogen-bond donors (Lipinski definition) is 2. The fourth-order valence-electron chi connectivity index (χ4n) is 1.47. The molecule has 8 heteroatoms. The normalized spacial score (nSPS) is 11.4. The van der Waals surface area contributed by atoms with Crippen molar-refractivity contribution in [2.75, 3.05) is 27.2 Å². The molecule has 0 bridgehead atoms. The van der Waals surface area contributed by atoms with Crippen LogP contribution in [0.1, 0.15) is 11.6 Å². The Kier molecular flexibility index (Phi) is 11.6. The maximum Gasteiger partial charge on any atom is 0.325 e. The van der Waals surface area contributed by atoms with Gasteiger partial charge in [-0.05, 0) is 31.8 Å². The number of hydrogen-bond acceptors (Lipinski definition) is 3. The van der Waals surface area contributed by atoms with Gasteiger partial charge >= 0.3 is 5.97 Å². The summed E-state index contributed by atoms with van der Waals surface area (Å²) in [5.74, 6) is -0.938. The number of carboxylic acids is 1. The van der Waals surface area contributed by atoms with E-state index in [1.807, 2.05) is 19.0 Å². The molecular formula is C12H18Cl4N2O2. The van der Waals surface area contributed by atoms with Gasteiger partial charge in [-0.2, -0.15) is 0 Å². The Balaban J connectivity index is 0. The largest absolute Gasteiger partial charge is 0.480 e. The fourth-order valence-corrected chi connectivity index (χ4v) is 1.78. The predicted octanol–water partition coefficient (Wildman–Crippen LogP) is 3.11. The zero-order valence-corrected chi connectivity index (χ0v) is 14.2. The molecule has 1 rings (SSSR count). The number of benzene rings is 1. The summed E-state index contributed by atoms with van der Waals surface area (Å²) >= 11 is 11.7. The molecule has 20 heavy (non-hydrogen) atoms. The Bertz CT molecular complexity index is 430. The molecule has 1 aromatic rings. The molecule has 0 amide bonds. The predicted molar refractivity (Wildman–Crippen MR) is 87.9 cm³/mol. The lowest BCUT2D eigenvalue weighted by Crippen LogP contribution is -2.33. The van der Waals surface area contributed by atoms with E-state index in [-0.39, 0.29) is 24.8 Å². The van der Waals surface area contributed by atoms with E-state index in [0.717, 1.165) is 6.54 Å². The average molecular weight is 364 g/mol. The molecule has 0 aliphatic rings. The first kappa shape index (κ1) is 22.1. The van der Waals surface area contributed by atoms with Gasteiger partial charge in [0.2, 0.25) is 0 Å². The van der Waals surface area contributed by atoms with Crippen LogP contribution < -0.4 is 5.32 Å². The van der Waals surface area contributed by atoms with Crippen molar-refractivity contribution in [3.63, 3.8) is 0 Å². The highest BCUT2D eigenvalue weighted by atomic mass is 35.5. The van der Waals surface area contributed by atoms with E-state index in [0.29, 0.717) is 22.2 Å². The van der Waals surface area contributed by atoms with Crippen LogP contribution in [-0.2, 0) is 4.79 Å². The van der Waals surface area contributed by atoms with Crippen LogP contribution in [0.2, 0.25) is 10.0 Å². The first-order chi connectivity index (χ1) is 8.41. The highest BCUT2D eigenvalue weighted by Crippen LogP contribution is 2.25. The van der Waals surface area contributed by atoms with Crippen molar-refractivity contribution >= 4 is 54.0 Å². The number of aliphatic carboxylic acids is 1. The highest BCUT2D eigenvalue weighted by Gasteiger charge is 2.19. The summed E-state index contributed by atoms with van der Waals surface area (Å²) in [6, 6.07) is 4.06. The number of rotatable bonds is 6. The summed E-state index contributed by atoms with van der Waals surface area (Å²) in [5, 5.41) is 12.9. The van der Waals surface area contributed by atoms with Gasteiger partial charge in [-0.1, -0.05) is 29.3 Å². The van der Waals surface area contributed by atoms with Crippen LogP contribution in [0.5, 0.6) is 0 Å². The molecule has 0 radical (unpaired) electrons. The van der Waals surface area contributed by atoms with Crippen LogP contribution in [-0.4, -0.2) is 43.2 Å². The molecule has 0 aliphatic heterocycles. The summed E-state index contributed by atoms with van der Waals surface area (Å²) in [5.41, 5.74) is 0.593. The smallest absolute Gasteiger partial charge is 0.325 e. The Labute approximate surface area is 141 Å². The number of carboxylic acid groups (broad SMARTS) is 1. The molecule has 1 aromatic carbocycles. The second kappa shape index (κ2) is 10.5. The fraction of sp³-hybridized carbons (Fsp3) is 0.417. The molecule has 0 heterocycles. The van der Waals surface area contributed by atoms with Crippen molar-refractivity contribution in [1.29, 1.82) is 0 Å². The van der Waals surface area contributed by atoms with Crippen molar-refractivity contribution in [1.82, 2.24) is 10.2 Å². The lowest BCUT2D eigenvalue weighted by molar-refractivity contribution is -0.139. The summed E-state index contributed by atoms with van der Waals surface area (Å²) < 4.78 is 0. The van der Waals surface area contributed by atoms with Gasteiger partial charge in [-0.25, -0.2) is 0 Å². The summed E-state index contributed by atoms with van der Waals surface area (Å²) in [7, 11) is 3.85. The lowest BCUT2D eigenvalue weighted by Gasteiger charge is -2.17. The van der Waals surface area contributed by atoms with Gasteiger partial charge < -0.3 is 10.0 Å². The molecule has 1 unspecified atom stereocenters. The number of nitrogens with zero attached hydrogens (tertiary/aromatic N) is 1. The van der Waals surface area contributed by atoms with Gasteiger partial charge in [0.05, 0.1) is 10.0 Å². The van der Waals surface area contributed by atoms with E-state index in [2.05, 4.69) is 5.32 Å². The molecular weight excluding hydrogens is 346 g/mol. The monoisotopic (exact) mass is 362 g/mol. The Morgan fingerprint density at radius 1 is 1.30 bits per heavy atom. The SMILES string of the molecule is CN(C)CCNC(C(=O)O)c1ccc(Cl)c(Cl)c1.Cl.Cl. The van der Waals surface area contributed by atoms with Gasteiger partial charge in [0.25, 0.3) is 0 Å². The van der Waals surface area contributed by atoms with Crippen molar-refractivity contribution in [3.8, 4) is 0 Å². The lowest BCUT2D eigenvalue weighted by atomic mass is 10.1. The summed E-state index contributed by atoms with van der Waals surface area (Å²) in [6.45, 7) is 1.33. The maximum atomic E-state index is 11.2. The Hall–Kier alpha value is -0.230. The Morgan fingerprint density at radius 2 is 1.90 bits per heavy atom. The molecule has 0 saturated heterocycles. The second-order valence-electron chi connectivity index (χ2n) is 4.20. The van der Waals surface area contributed by atoms with Crippen LogP contribution >= 0.6 is 48.0 Å². The van der Waals surface area contributed by atoms with Gasteiger partial charge in [-0.15, -0.1) is 24.8 Å². The minimum Gasteiger partial charge on any atom is -0.480 e. The maximum absolute atomic E-state index is 11.2. The topological polar surface area (TPSA) is 52.6 Å². The van der Waals surface area contributed by atoms with Crippen molar-refractivity contribution in [2.24, 2.45) is 0 Å². The minimum atomic E-state index is -0.938. The van der Waals surface area contributed by atoms with Gasteiger partial charge in [0.15, 0.2) is 0 Å². The first-order valence-corrected chi connectivity index (χ1v) is 6.23. The van der Waals surface area contributed by atoms with E-state index in [1.165, 1.54) is 0 Å². The minimum absolute atomic E-state index is 0. The van der Waals surface area contributed by atoms with E-state index < -0.39 is 12.0 Å². The van der Waals surface area contributed by atoms with Crippen LogP contribution in [0.25, 0.3) is 0 Å². The van der Waals surface area contributed by atoms with Crippen molar-refractivity contribution in [3.05, 3.63) is 33.8 Å². The van der Waals surface area contributed by atoms with Crippen molar-refractivity contribution < 1.29 is 9.90 Å². The summed E-state index contributed by atoms with van der Waals surface area (Å²) in [4.78, 5) is 13.2. The van der Waals surface area contributed by atoms with Gasteiger partial charge in [0.1, 0.15) is 6.04 Å². The van der Waals surface area contributed by atoms with Crippen LogP contribution in [0.15, 0.2) is 18.2 Å². The van der Waals surface area contributed by atoms with Crippen LogP contribution in [0, 0.1) is 0 Å². The van der Waals surface area contributed by atoms with Crippen LogP contribution in [0.3, 0.4) is 0 Å². The molecule has 0 aromatic heterocycles.